The van der Waals surface area contributed by atoms with Gasteiger partial charge in [0.15, 0.2) is 5.58 Å². The molecule has 6 rings (SSSR count). The molecule has 0 atom stereocenters. The van der Waals surface area contributed by atoms with Gasteiger partial charge < -0.3 is 17.5 Å². The van der Waals surface area contributed by atoms with E-state index < -0.39 is 6.97 Å². The highest BCUT2D eigenvalue weighted by atomic mass is 19.2. The molecule has 0 unspecified atom stereocenters. The average molecular weight is 444 g/mol. The highest BCUT2D eigenvalue weighted by Crippen LogP contribution is 2.45. The number of rotatable bonds is 0. The molecular weight excluding hydrogens is 417 g/mol. The average Bonchev–Trinajstić information content (AvgIpc) is 3.28. The third kappa shape index (κ3) is 2.64. The van der Waals surface area contributed by atoms with Crippen LogP contribution in [0.3, 0.4) is 0 Å². The third-order valence-corrected chi connectivity index (χ3v) is 7.03. The molecule has 6 heteroatoms. The Bertz CT molecular complexity index is 1610. The zero-order valence-electron chi connectivity index (χ0n) is 19.8. The van der Waals surface area contributed by atoms with Crippen LogP contribution in [0, 0.1) is 0 Å². The summed E-state index contributed by atoms with van der Waals surface area (Å²) in [6.45, 7) is 8.73. The van der Waals surface area contributed by atoms with Crippen molar-refractivity contribution in [3.63, 3.8) is 0 Å². The zero-order valence-corrected chi connectivity index (χ0v) is 19.8. The molecule has 0 saturated carbocycles. The van der Waals surface area contributed by atoms with Gasteiger partial charge in [0.2, 0.25) is 5.52 Å². The summed E-state index contributed by atoms with van der Waals surface area (Å²) in [6.07, 6.45) is 0. The van der Waals surface area contributed by atoms with Crippen LogP contribution in [-0.2, 0) is 10.8 Å². The van der Waals surface area contributed by atoms with Crippen molar-refractivity contribution in [2.75, 3.05) is 0 Å². The van der Waals surface area contributed by atoms with Gasteiger partial charge in [-0.05, 0) is 52.3 Å². The summed E-state index contributed by atoms with van der Waals surface area (Å²) in [6, 6.07) is 17.1. The minimum absolute atomic E-state index is 0.0856. The van der Waals surface area contributed by atoms with E-state index in [-0.39, 0.29) is 16.7 Å². The second-order valence-corrected chi connectivity index (χ2v) is 11.4. The topological polar surface area (TPSA) is 21.9 Å². The van der Waals surface area contributed by atoms with Gasteiger partial charge in [-0.15, -0.1) is 0 Å². The van der Waals surface area contributed by atoms with Crippen LogP contribution in [0.4, 0.5) is 8.63 Å². The number of para-hydroxylation sites is 2. The van der Waals surface area contributed by atoms with E-state index in [0.29, 0.717) is 22.1 Å². The lowest BCUT2D eigenvalue weighted by Gasteiger charge is -2.28. The minimum atomic E-state index is -4.15. The first-order valence-corrected chi connectivity index (χ1v) is 11.5. The van der Waals surface area contributed by atoms with Crippen LogP contribution in [0.5, 0.6) is 0 Å². The van der Waals surface area contributed by atoms with Crippen molar-refractivity contribution in [2.24, 2.45) is 0 Å². The highest BCUT2D eigenvalue weighted by molar-refractivity contribution is 6.59. The van der Waals surface area contributed by atoms with Crippen LogP contribution in [-0.4, -0.2) is 11.4 Å². The predicted octanol–water partition coefficient (Wildman–Crippen LogP) is 7.17. The maximum absolute atomic E-state index is 16.4. The summed E-state index contributed by atoms with van der Waals surface area (Å²) < 4.78 is 41.2. The first kappa shape index (κ1) is 20.5. The summed E-state index contributed by atoms with van der Waals surface area (Å²) in [4.78, 5) is 0. The van der Waals surface area contributed by atoms with Gasteiger partial charge in [0, 0.05) is 27.9 Å². The van der Waals surface area contributed by atoms with E-state index in [9.17, 15) is 0 Å². The molecule has 0 aliphatic carbocycles. The summed E-state index contributed by atoms with van der Waals surface area (Å²) in [5, 5.41) is 1.72. The maximum Gasteiger partial charge on any atom is 0.740 e. The van der Waals surface area contributed by atoms with E-state index in [2.05, 4.69) is 53.7 Å². The van der Waals surface area contributed by atoms with Gasteiger partial charge in [-0.1, -0.05) is 59.7 Å². The molecule has 1 aliphatic heterocycles. The lowest BCUT2D eigenvalue weighted by Crippen LogP contribution is -2.65. The van der Waals surface area contributed by atoms with E-state index in [1.165, 1.54) is 4.48 Å². The smallest absolute Gasteiger partial charge is 0.401 e. The van der Waals surface area contributed by atoms with Gasteiger partial charge in [0.25, 0.3) is 0 Å². The Morgan fingerprint density at radius 3 is 2.18 bits per heavy atom. The number of hydrogen-bond donors (Lipinski definition) is 0. The molecule has 3 heterocycles. The first-order valence-electron chi connectivity index (χ1n) is 11.5. The Hall–Kier alpha value is -3.15. The predicted molar refractivity (Wildman–Crippen MR) is 131 cm³/mol. The number of hydrogen-bond acceptors (Lipinski definition) is 1. The van der Waals surface area contributed by atoms with Crippen LogP contribution in [0.2, 0.25) is 0 Å². The number of benzene rings is 3. The van der Waals surface area contributed by atoms with Crippen molar-refractivity contribution < 1.29 is 17.5 Å². The molecule has 0 bridgehead atoms. The molecule has 0 spiro atoms. The lowest BCUT2D eigenvalue weighted by molar-refractivity contribution is -0.534. The van der Waals surface area contributed by atoms with E-state index in [0.717, 1.165) is 31.9 Å². The number of halogens is 2. The van der Waals surface area contributed by atoms with Crippen molar-refractivity contribution in [1.82, 2.24) is 4.48 Å². The van der Waals surface area contributed by atoms with E-state index in [1.54, 1.807) is 18.2 Å². The normalized spacial score (nSPS) is 15.5. The van der Waals surface area contributed by atoms with E-state index in [4.69, 9.17) is 4.42 Å². The molecule has 3 aromatic carbocycles. The standard InChI is InChI=1S/C27H27BF2N2O/c1-26(2,3)16-11-12-21-18(13-16)19-14-17(27(4,5)6)15-20-24(19)31(21)28(29,30)32-22-9-7-8-10-23(22)33-25(20)32/h7-15H,1-6H3. The van der Waals surface area contributed by atoms with Crippen molar-refractivity contribution in [3.05, 3.63) is 65.7 Å². The first-order chi connectivity index (χ1) is 15.4. The summed E-state index contributed by atoms with van der Waals surface area (Å²) in [7, 11) is 0. The van der Waals surface area contributed by atoms with Gasteiger partial charge in [-0.2, -0.15) is 0 Å². The maximum atomic E-state index is 16.4. The van der Waals surface area contributed by atoms with Gasteiger partial charge in [-0.3, -0.25) is 4.48 Å². The Morgan fingerprint density at radius 2 is 1.48 bits per heavy atom. The van der Waals surface area contributed by atoms with Crippen LogP contribution in [0.25, 0.3) is 44.4 Å². The third-order valence-electron chi connectivity index (χ3n) is 7.03. The van der Waals surface area contributed by atoms with Gasteiger partial charge in [0.1, 0.15) is 5.56 Å². The largest absolute Gasteiger partial charge is 0.740 e. The second kappa shape index (κ2) is 6.05. The monoisotopic (exact) mass is 444 g/mol. The van der Waals surface area contributed by atoms with Crippen LogP contribution in [0.1, 0.15) is 52.7 Å². The van der Waals surface area contributed by atoms with Crippen molar-refractivity contribution in [3.8, 4) is 11.5 Å². The molecule has 0 fully saturated rings. The van der Waals surface area contributed by atoms with Gasteiger partial charge in [-0.25, -0.2) is 0 Å². The fourth-order valence-electron chi connectivity index (χ4n) is 5.18. The van der Waals surface area contributed by atoms with Crippen LogP contribution < -0.4 is 4.48 Å². The van der Waals surface area contributed by atoms with Crippen molar-refractivity contribution >= 4 is 39.9 Å². The molecule has 0 amide bonds. The van der Waals surface area contributed by atoms with Gasteiger partial charge in [0.05, 0.1) is 0 Å². The number of fused-ring (bicyclic) bond motifs is 7. The molecule has 0 N–H and O–H groups in total. The minimum Gasteiger partial charge on any atom is -0.401 e. The Kier molecular flexibility index (Phi) is 3.75. The summed E-state index contributed by atoms with van der Waals surface area (Å²) >= 11 is 0. The molecule has 2 aromatic heterocycles. The molecule has 168 valence electrons. The number of nitrogens with zero attached hydrogens (tertiary/aromatic N) is 2. The van der Waals surface area contributed by atoms with Crippen molar-refractivity contribution in [2.45, 2.75) is 52.4 Å². The molecule has 0 saturated heterocycles. The van der Waals surface area contributed by atoms with Crippen molar-refractivity contribution in [1.29, 1.82) is 0 Å². The van der Waals surface area contributed by atoms with Gasteiger partial charge >= 0.3 is 12.9 Å². The quantitative estimate of drug-likeness (QED) is 0.232. The fourth-order valence-corrected chi connectivity index (χ4v) is 5.18. The Balaban J connectivity index is 1.86. The molecule has 33 heavy (non-hydrogen) atoms. The fraction of sp³-hybridized carbons (Fsp3) is 0.296. The second-order valence-electron chi connectivity index (χ2n) is 11.4. The highest BCUT2D eigenvalue weighted by Gasteiger charge is 2.53. The van der Waals surface area contributed by atoms with Crippen LogP contribution >= 0.6 is 0 Å². The number of aromatic nitrogens is 2. The van der Waals surface area contributed by atoms with Crippen LogP contribution in [0.15, 0.2) is 59.0 Å². The molecule has 0 radical (unpaired) electrons. The summed E-state index contributed by atoms with van der Waals surface area (Å²) in [5.74, 6) is 0.226. The molecular formula is C27H27BF2N2O. The zero-order chi connectivity index (χ0) is 23.5. The van der Waals surface area contributed by atoms with E-state index in [1.807, 2.05) is 24.3 Å². The Morgan fingerprint density at radius 1 is 0.818 bits per heavy atom. The molecule has 3 nitrogen and oxygen atoms in total. The Labute approximate surface area is 191 Å². The van der Waals surface area contributed by atoms with E-state index >= 15 is 8.63 Å². The number of oxazole rings is 1. The molecule has 5 aromatic rings. The lowest BCUT2D eigenvalue weighted by atomic mass is 9.83. The molecule has 1 aliphatic rings. The summed E-state index contributed by atoms with van der Waals surface area (Å²) in [5.41, 5.74) is 4.68. The SMILES string of the molecule is CC(C)(C)c1ccc2c(c1)c1cc(C(C)(C)C)cc3c1n2[B-](F)(F)[n+]1c-3oc2ccccc21.